The fraction of sp³-hybridized carbons (Fsp3) is 1.00. The summed E-state index contributed by atoms with van der Waals surface area (Å²) < 4.78 is 0. The molecule has 1 saturated carbocycles. The van der Waals surface area contributed by atoms with Crippen molar-refractivity contribution in [2.75, 3.05) is 13.1 Å². The molecule has 1 aliphatic carbocycles. The molecule has 0 aliphatic heterocycles. The summed E-state index contributed by atoms with van der Waals surface area (Å²) in [5.74, 6) is 0.957. The van der Waals surface area contributed by atoms with Crippen LogP contribution in [0.1, 0.15) is 47.5 Å². The van der Waals surface area contributed by atoms with Gasteiger partial charge in [-0.1, -0.05) is 34.6 Å². The molecule has 78 valence electrons. The number of rotatable bonds is 3. The average molecular weight is 183 g/mol. The largest absolute Gasteiger partial charge is 0.301 e. The summed E-state index contributed by atoms with van der Waals surface area (Å²) in [6.45, 7) is 14.1. The molecule has 0 atom stereocenters. The first-order valence-electron chi connectivity index (χ1n) is 5.73. The van der Waals surface area contributed by atoms with Gasteiger partial charge in [0, 0.05) is 6.04 Å². The lowest BCUT2D eigenvalue weighted by atomic mass is 9.65. The van der Waals surface area contributed by atoms with E-state index in [4.69, 9.17) is 0 Å². The maximum absolute atomic E-state index is 2.60. The van der Waals surface area contributed by atoms with Crippen molar-refractivity contribution in [1.82, 2.24) is 4.90 Å². The number of nitrogens with zero attached hydrogens (tertiary/aromatic N) is 1. The summed E-state index contributed by atoms with van der Waals surface area (Å²) in [4.78, 5) is 2.60. The van der Waals surface area contributed by atoms with E-state index in [0.29, 0.717) is 5.41 Å². The highest BCUT2D eigenvalue weighted by Crippen LogP contribution is 2.43. The molecular formula is C12H25N. The first kappa shape index (κ1) is 11.0. The van der Waals surface area contributed by atoms with E-state index in [9.17, 15) is 0 Å². The van der Waals surface area contributed by atoms with Crippen molar-refractivity contribution >= 4 is 0 Å². The van der Waals surface area contributed by atoms with Crippen LogP contribution >= 0.6 is 0 Å². The molecule has 0 spiro atoms. The summed E-state index contributed by atoms with van der Waals surface area (Å²) in [6, 6.07) is 0.888. The van der Waals surface area contributed by atoms with Gasteiger partial charge in [0.2, 0.25) is 0 Å². The molecule has 1 rings (SSSR count). The summed E-state index contributed by atoms with van der Waals surface area (Å²) in [6.07, 6.45) is 2.84. The van der Waals surface area contributed by atoms with Crippen molar-refractivity contribution in [3.05, 3.63) is 0 Å². The maximum Gasteiger partial charge on any atom is 0.0101 e. The molecule has 1 heteroatoms. The predicted octanol–water partition coefficient (Wildman–Crippen LogP) is 3.15. The van der Waals surface area contributed by atoms with Gasteiger partial charge in [-0.05, 0) is 37.3 Å². The highest BCUT2D eigenvalue weighted by molar-refractivity contribution is 4.92. The molecule has 13 heavy (non-hydrogen) atoms. The molecule has 0 heterocycles. The third-order valence-corrected chi connectivity index (χ3v) is 3.67. The Balaban J connectivity index is 2.32. The van der Waals surface area contributed by atoms with Crippen LogP contribution in [0.5, 0.6) is 0 Å². The van der Waals surface area contributed by atoms with E-state index < -0.39 is 0 Å². The molecule has 0 saturated heterocycles. The SMILES string of the molecule is CCN(CC)C1CC(C(C)(C)C)C1. The van der Waals surface area contributed by atoms with E-state index in [-0.39, 0.29) is 0 Å². The zero-order valence-electron chi connectivity index (χ0n) is 9.93. The monoisotopic (exact) mass is 183 g/mol. The minimum absolute atomic E-state index is 0.531. The van der Waals surface area contributed by atoms with Gasteiger partial charge in [0.15, 0.2) is 0 Å². The number of hydrogen-bond donors (Lipinski definition) is 0. The van der Waals surface area contributed by atoms with Crippen molar-refractivity contribution < 1.29 is 0 Å². The quantitative estimate of drug-likeness (QED) is 0.649. The highest BCUT2D eigenvalue weighted by Gasteiger charge is 2.38. The summed E-state index contributed by atoms with van der Waals surface area (Å²) in [7, 11) is 0. The lowest BCUT2D eigenvalue weighted by molar-refractivity contribution is 0.0263. The van der Waals surface area contributed by atoms with Crippen molar-refractivity contribution in [2.45, 2.75) is 53.5 Å². The van der Waals surface area contributed by atoms with Crippen LogP contribution in [0.25, 0.3) is 0 Å². The molecule has 0 aromatic carbocycles. The molecule has 0 aromatic heterocycles. The van der Waals surface area contributed by atoms with E-state index in [1.165, 1.54) is 25.9 Å². The van der Waals surface area contributed by atoms with Gasteiger partial charge in [-0.25, -0.2) is 0 Å². The van der Waals surface area contributed by atoms with E-state index in [2.05, 4.69) is 39.5 Å². The molecule has 0 N–H and O–H groups in total. The first-order valence-corrected chi connectivity index (χ1v) is 5.73. The Hall–Kier alpha value is -0.0400. The van der Waals surface area contributed by atoms with Gasteiger partial charge in [-0.15, -0.1) is 0 Å². The molecule has 1 fully saturated rings. The zero-order chi connectivity index (χ0) is 10.1. The highest BCUT2D eigenvalue weighted by atomic mass is 15.2. The summed E-state index contributed by atoms with van der Waals surface area (Å²) in [5.41, 5.74) is 0.531. The first-order chi connectivity index (χ1) is 5.99. The Morgan fingerprint density at radius 1 is 1.08 bits per heavy atom. The normalized spacial score (nSPS) is 29.1. The van der Waals surface area contributed by atoms with Crippen LogP contribution in [0.2, 0.25) is 0 Å². The van der Waals surface area contributed by atoms with Crippen LogP contribution in [-0.2, 0) is 0 Å². The van der Waals surface area contributed by atoms with Crippen molar-refractivity contribution in [2.24, 2.45) is 11.3 Å². The number of hydrogen-bond acceptors (Lipinski definition) is 1. The van der Waals surface area contributed by atoms with Crippen molar-refractivity contribution in [1.29, 1.82) is 0 Å². The van der Waals surface area contributed by atoms with Crippen molar-refractivity contribution in [3.63, 3.8) is 0 Å². The second kappa shape index (κ2) is 4.00. The fourth-order valence-corrected chi connectivity index (χ4v) is 2.33. The van der Waals surface area contributed by atoms with Crippen LogP contribution < -0.4 is 0 Å². The van der Waals surface area contributed by atoms with E-state index in [1.54, 1.807) is 0 Å². The molecule has 0 amide bonds. The lowest BCUT2D eigenvalue weighted by Crippen LogP contribution is -2.48. The van der Waals surface area contributed by atoms with Gasteiger partial charge in [-0.3, -0.25) is 0 Å². The third-order valence-electron chi connectivity index (χ3n) is 3.67. The Labute approximate surface area is 83.5 Å². The van der Waals surface area contributed by atoms with E-state index >= 15 is 0 Å². The Kier molecular flexibility index (Phi) is 3.39. The fourth-order valence-electron chi connectivity index (χ4n) is 2.33. The van der Waals surface area contributed by atoms with Gasteiger partial charge >= 0.3 is 0 Å². The molecular weight excluding hydrogens is 158 g/mol. The Morgan fingerprint density at radius 2 is 1.54 bits per heavy atom. The van der Waals surface area contributed by atoms with Crippen LogP contribution in [0, 0.1) is 11.3 Å². The molecule has 0 radical (unpaired) electrons. The maximum atomic E-state index is 2.60. The minimum atomic E-state index is 0.531. The Morgan fingerprint density at radius 3 is 1.85 bits per heavy atom. The molecule has 1 aliphatic rings. The second-order valence-electron chi connectivity index (χ2n) is 5.41. The lowest BCUT2D eigenvalue weighted by Gasteiger charge is -2.48. The topological polar surface area (TPSA) is 3.24 Å². The van der Waals surface area contributed by atoms with E-state index in [0.717, 1.165) is 12.0 Å². The molecule has 0 unspecified atom stereocenters. The molecule has 0 aromatic rings. The molecule has 0 bridgehead atoms. The van der Waals surface area contributed by atoms with Crippen molar-refractivity contribution in [3.8, 4) is 0 Å². The van der Waals surface area contributed by atoms with Gasteiger partial charge in [-0.2, -0.15) is 0 Å². The minimum Gasteiger partial charge on any atom is -0.301 e. The van der Waals surface area contributed by atoms with Crippen LogP contribution in [0.3, 0.4) is 0 Å². The van der Waals surface area contributed by atoms with Gasteiger partial charge in [0.05, 0.1) is 0 Å². The third kappa shape index (κ3) is 2.46. The summed E-state index contributed by atoms with van der Waals surface area (Å²) >= 11 is 0. The van der Waals surface area contributed by atoms with Crippen LogP contribution in [0.4, 0.5) is 0 Å². The zero-order valence-corrected chi connectivity index (χ0v) is 9.93. The second-order valence-corrected chi connectivity index (χ2v) is 5.41. The average Bonchev–Trinajstić information content (AvgIpc) is 1.92. The van der Waals surface area contributed by atoms with E-state index in [1.807, 2.05) is 0 Å². The van der Waals surface area contributed by atoms with Gasteiger partial charge in [0.1, 0.15) is 0 Å². The Bertz CT molecular complexity index is 147. The van der Waals surface area contributed by atoms with Gasteiger partial charge < -0.3 is 4.90 Å². The smallest absolute Gasteiger partial charge is 0.0101 e. The molecule has 1 nitrogen and oxygen atoms in total. The van der Waals surface area contributed by atoms with Crippen LogP contribution in [-0.4, -0.2) is 24.0 Å². The predicted molar refractivity (Wildman–Crippen MR) is 58.9 cm³/mol. The van der Waals surface area contributed by atoms with Crippen LogP contribution in [0.15, 0.2) is 0 Å². The van der Waals surface area contributed by atoms with Gasteiger partial charge in [0.25, 0.3) is 0 Å². The summed E-state index contributed by atoms with van der Waals surface area (Å²) in [5, 5.41) is 0. The standard InChI is InChI=1S/C12H25N/c1-6-13(7-2)11-8-10(9-11)12(3,4)5/h10-11H,6-9H2,1-5H3.